The summed E-state index contributed by atoms with van der Waals surface area (Å²) >= 11 is 3.39. The molecule has 4 rings (SSSR count). The lowest BCUT2D eigenvalue weighted by molar-refractivity contribution is -0.135. The minimum Gasteiger partial charge on any atom is -0.344 e. The molecule has 0 aromatic heterocycles. The van der Waals surface area contributed by atoms with Gasteiger partial charge >= 0.3 is 6.03 Å². The number of hydrogen-bond donors (Lipinski definition) is 2. The molecule has 0 spiro atoms. The van der Waals surface area contributed by atoms with Crippen molar-refractivity contribution in [3.8, 4) is 0 Å². The van der Waals surface area contributed by atoms with E-state index in [1.165, 1.54) is 0 Å². The highest BCUT2D eigenvalue weighted by Crippen LogP contribution is 2.30. The lowest BCUT2D eigenvalue weighted by Gasteiger charge is -2.23. The van der Waals surface area contributed by atoms with Crippen molar-refractivity contribution < 1.29 is 14.4 Å². The first kappa shape index (κ1) is 21.8. The van der Waals surface area contributed by atoms with E-state index in [-0.39, 0.29) is 6.54 Å². The van der Waals surface area contributed by atoms with Gasteiger partial charge in [0.05, 0.1) is 6.04 Å². The van der Waals surface area contributed by atoms with Crippen molar-refractivity contribution in [2.45, 2.75) is 18.5 Å². The lowest BCUT2D eigenvalue weighted by Crippen LogP contribution is -2.44. The van der Waals surface area contributed by atoms with Gasteiger partial charge in [0.25, 0.3) is 5.91 Å². The summed E-state index contributed by atoms with van der Waals surface area (Å²) in [6, 6.07) is 25.3. The molecule has 1 aliphatic rings. The molecule has 0 unspecified atom stereocenters. The Morgan fingerprint density at radius 3 is 2.12 bits per heavy atom. The largest absolute Gasteiger partial charge is 0.344 e. The van der Waals surface area contributed by atoms with Crippen LogP contribution in [0.1, 0.15) is 29.7 Å². The smallest absolute Gasteiger partial charge is 0.325 e. The average molecular weight is 492 g/mol. The van der Waals surface area contributed by atoms with E-state index in [4.69, 9.17) is 0 Å². The predicted molar refractivity (Wildman–Crippen MR) is 125 cm³/mol. The van der Waals surface area contributed by atoms with E-state index in [0.717, 1.165) is 20.5 Å². The van der Waals surface area contributed by atoms with Crippen LogP contribution in [0.15, 0.2) is 89.4 Å². The molecule has 3 aromatic rings. The van der Waals surface area contributed by atoms with E-state index in [0.29, 0.717) is 5.56 Å². The van der Waals surface area contributed by atoms with Gasteiger partial charge in [-0.05, 0) is 35.7 Å². The minimum absolute atomic E-state index is 0.371. The minimum atomic E-state index is -1.24. The molecule has 32 heavy (non-hydrogen) atoms. The van der Waals surface area contributed by atoms with E-state index in [2.05, 4.69) is 26.6 Å². The summed E-state index contributed by atoms with van der Waals surface area (Å²) in [7, 11) is 0. The summed E-state index contributed by atoms with van der Waals surface area (Å²) in [6.45, 7) is 1.27. The lowest BCUT2D eigenvalue weighted by atomic mass is 9.92. The first-order valence-corrected chi connectivity index (χ1v) is 11.0. The summed E-state index contributed by atoms with van der Waals surface area (Å²) in [5, 5.41) is 5.71. The van der Waals surface area contributed by atoms with Gasteiger partial charge in [0.1, 0.15) is 12.1 Å². The number of carbonyl (C=O) groups is 3. The van der Waals surface area contributed by atoms with Crippen molar-refractivity contribution in [2.24, 2.45) is 0 Å². The van der Waals surface area contributed by atoms with Gasteiger partial charge in [0.2, 0.25) is 5.91 Å². The Hall–Kier alpha value is -3.45. The maximum atomic E-state index is 13.2. The van der Waals surface area contributed by atoms with Gasteiger partial charge in [0.15, 0.2) is 0 Å². The van der Waals surface area contributed by atoms with Crippen molar-refractivity contribution >= 4 is 33.8 Å². The third-order valence-electron chi connectivity index (χ3n) is 5.55. The number of nitrogens with zero attached hydrogens (tertiary/aromatic N) is 1. The van der Waals surface area contributed by atoms with E-state index < -0.39 is 29.4 Å². The quantitative estimate of drug-likeness (QED) is 0.509. The van der Waals surface area contributed by atoms with Crippen LogP contribution in [0.5, 0.6) is 0 Å². The number of urea groups is 1. The highest BCUT2D eigenvalue weighted by molar-refractivity contribution is 9.10. The number of nitrogens with one attached hydrogen (secondary N) is 2. The van der Waals surface area contributed by atoms with Crippen LogP contribution in [0.4, 0.5) is 4.79 Å². The van der Waals surface area contributed by atoms with Gasteiger partial charge in [-0.25, -0.2) is 4.79 Å². The van der Waals surface area contributed by atoms with Gasteiger partial charge < -0.3 is 10.6 Å². The first-order valence-electron chi connectivity index (χ1n) is 10.2. The first-order chi connectivity index (χ1) is 15.4. The van der Waals surface area contributed by atoms with Gasteiger partial charge in [-0.2, -0.15) is 0 Å². The summed E-state index contributed by atoms with van der Waals surface area (Å²) in [5.41, 5.74) is 1.21. The Morgan fingerprint density at radius 2 is 1.56 bits per heavy atom. The molecule has 1 aliphatic heterocycles. The van der Waals surface area contributed by atoms with E-state index >= 15 is 0 Å². The average Bonchev–Trinajstić information content (AvgIpc) is 3.02. The van der Waals surface area contributed by atoms with Crippen molar-refractivity contribution in [1.82, 2.24) is 15.5 Å². The fourth-order valence-electron chi connectivity index (χ4n) is 3.84. The third kappa shape index (κ3) is 4.29. The second kappa shape index (κ2) is 8.96. The molecule has 2 N–H and O–H groups in total. The van der Waals surface area contributed by atoms with Gasteiger partial charge in [-0.1, -0.05) is 88.7 Å². The van der Waals surface area contributed by atoms with E-state index in [9.17, 15) is 14.4 Å². The zero-order chi connectivity index (χ0) is 22.7. The van der Waals surface area contributed by atoms with Crippen molar-refractivity contribution in [2.75, 3.05) is 6.54 Å². The van der Waals surface area contributed by atoms with Gasteiger partial charge in [-0.15, -0.1) is 0 Å². The molecule has 1 fully saturated rings. The normalized spacial score (nSPS) is 18.0. The molecule has 0 radical (unpaired) electrons. The van der Waals surface area contributed by atoms with E-state index in [1.807, 2.05) is 66.7 Å². The highest BCUT2D eigenvalue weighted by atomic mass is 79.9. The number of amides is 4. The Balaban J connectivity index is 1.54. The molecule has 162 valence electrons. The molecule has 0 bridgehead atoms. The number of hydrogen-bond acceptors (Lipinski definition) is 3. The maximum absolute atomic E-state index is 13.2. The van der Waals surface area contributed by atoms with Gasteiger partial charge in [0, 0.05) is 4.47 Å². The third-order valence-corrected chi connectivity index (χ3v) is 6.04. The van der Waals surface area contributed by atoms with Crippen LogP contribution in [-0.4, -0.2) is 29.3 Å². The molecule has 7 heteroatoms. The molecule has 0 aliphatic carbocycles. The van der Waals surface area contributed by atoms with Crippen LogP contribution in [0.3, 0.4) is 0 Å². The standard InChI is InChI=1S/C25H22BrN3O3/c1-25(19-13-8-14-20(26)15-19)23(31)29(24(32)28-25)16-21(30)27-22(17-9-4-2-5-10-17)18-11-6-3-7-12-18/h2-15,22H,16H2,1H3,(H,27,30)(H,28,32)/t25-/m0/s1. The van der Waals surface area contributed by atoms with Crippen LogP contribution < -0.4 is 10.6 Å². The Bertz CT molecular complexity index is 1110. The fourth-order valence-corrected chi connectivity index (χ4v) is 4.24. The second-order valence-corrected chi connectivity index (χ2v) is 8.69. The fraction of sp³-hybridized carbons (Fsp3) is 0.160. The summed E-state index contributed by atoms with van der Waals surface area (Å²) in [4.78, 5) is 39.7. The second-order valence-electron chi connectivity index (χ2n) is 7.78. The number of carbonyl (C=O) groups excluding carboxylic acids is 3. The SMILES string of the molecule is C[C@@]1(c2cccc(Br)c2)NC(=O)N(CC(=O)NC(c2ccccc2)c2ccccc2)C1=O. The molecule has 1 heterocycles. The number of imide groups is 1. The topological polar surface area (TPSA) is 78.5 Å². The number of halogens is 1. The molecule has 1 atom stereocenters. The summed E-state index contributed by atoms with van der Waals surface area (Å²) in [5.74, 6) is -0.892. The number of rotatable bonds is 6. The molecule has 4 amide bonds. The zero-order valence-electron chi connectivity index (χ0n) is 17.4. The molecule has 6 nitrogen and oxygen atoms in total. The molecule has 1 saturated heterocycles. The Morgan fingerprint density at radius 1 is 0.969 bits per heavy atom. The number of benzene rings is 3. The zero-order valence-corrected chi connectivity index (χ0v) is 19.0. The highest BCUT2D eigenvalue weighted by Gasteiger charge is 2.49. The maximum Gasteiger partial charge on any atom is 0.325 e. The molecule has 3 aromatic carbocycles. The van der Waals surface area contributed by atoms with Crippen LogP contribution in [0.2, 0.25) is 0 Å². The molecular formula is C25H22BrN3O3. The predicted octanol–water partition coefficient (Wildman–Crippen LogP) is 4.12. The Labute approximate surface area is 194 Å². The summed E-state index contributed by atoms with van der Waals surface area (Å²) in [6.07, 6.45) is 0. The summed E-state index contributed by atoms with van der Waals surface area (Å²) < 4.78 is 0.794. The van der Waals surface area contributed by atoms with Crippen molar-refractivity contribution in [3.63, 3.8) is 0 Å². The van der Waals surface area contributed by atoms with Crippen molar-refractivity contribution in [1.29, 1.82) is 0 Å². The molecular weight excluding hydrogens is 470 g/mol. The van der Waals surface area contributed by atoms with Crippen LogP contribution >= 0.6 is 15.9 Å². The molecule has 0 saturated carbocycles. The van der Waals surface area contributed by atoms with Gasteiger partial charge in [-0.3, -0.25) is 14.5 Å². The van der Waals surface area contributed by atoms with Crippen LogP contribution in [0.25, 0.3) is 0 Å². The van der Waals surface area contributed by atoms with Crippen LogP contribution in [0, 0.1) is 0 Å². The van der Waals surface area contributed by atoms with Crippen molar-refractivity contribution in [3.05, 3.63) is 106 Å². The van der Waals surface area contributed by atoms with Crippen LogP contribution in [-0.2, 0) is 15.1 Å². The monoisotopic (exact) mass is 491 g/mol. The Kier molecular flexibility index (Phi) is 6.10. The van der Waals surface area contributed by atoms with E-state index in [1.54, 1.807) is 25.1 Å².